The Morgan fingerprint density at radius 1 is 0.769 bits per heavy atom. The monoisotopic (exact) mass is 531 g/mol. The van der Waals surface area contributed by atoms with E-state index in [0.717, 1.165) is 11.1 Å². The summed E-state index contributed by atoms with van der Waals surface area (Å²) in [7, 11) is 1.24. The Morgan fingerprint density at radius 3 is 1.97 bits per heavy atom. The fraction of sp³-hybridized carbons (Fsp3) is 0.267. The van der Waals surface area contributed by atoms with Crippen LogP contribution in [0.5, 0.6) is 0 Å². The minimum Gasteiger partial charge on any atom is -0.467 e. The molecule has 3 aromatic carbocycles. The normalized spacial score (nSPS) is 12.1. The van der Waals surface area contributed by atoms with E-state index >= 15 is 0 Å². The number of carbonyl (C=O) groups excluding carboxylic acids is 4. The molecule has 3 aromatic rings. The van der Waals surface area contributed by atoms with E-state index in [1.807, 2.05) is 36.4 Å². The van der Waals surface area contributed by atoms with Crippen molar-refractivity contribution < 1.29 is 28.7 Å². The number of hydrogen-bond acceptors (Lipinski definition) is 6. The molecule has 0 spiro atoms. The molecule has 0 aliphatic carbocycles. The number of anilines is 1. The lowest BCUT2D eigenvalue weighted by molar-refractivity contribution is -0.145. The molecule has 0 unspecified atom stereocenters. The Labute approximate surface area is 227 Å². The quantitative estimate of drug-likeness (QED) is 0.320. The highest BCUT2D eigenvalue weighted by atomic mass is 16.5. The van der Waals surface area contributed by atoms with Gasteiger partial charge >= 0.3 is 12.1 Å². The molecule has 9 nitrogen and oxygen atoms in total. The van der Waals surface area contributed by atoms with Crippen molar-refractivity contribution in [3.05, 3.63) is 102 Å². The molecule has 3 amide bonds. The number of amides is 3. The van der Waals surface area contributed by atoms with Crippen LogP contribution in [0.4, 0.5) is 10.5 Å². The van der Waals surface area contributed by atoms with Gasteiger partial charge in [0.1, 0.15) is 18.7 Å². The zero-order valence-electron chi connectivity index (χ0n) is 22.2. The van der Waals surface area contributed by atoms with Gasteiger partial charge in [-0.3, -0.25) is 9.59 Å². The molecule has 0 heterocycles. The molecule has 0 fully saturated rings. The molecule has 0 saturated heterocycles. The van der Waals surface area contributed by atoms with Crippen molar-refractivity contribution in [1.29, 1.82) is 0 Å². The lowest BCUT2D eigenvalue weighted by atomic mass is 10.0. The van der Waals surface area contributed by atoms with Crippen molar-refractivity contribution in [2.45, 2.75) is 39.0 Å². The van der Waals surface area contributed by atoms with Crippen molar-refractivity contribution in [1.82, 2.24) is 10.6 Å². The number of ether oxygens (including phenoxy) is 2. The molecule has 2 atom stereocenters. The summed E-state index contributed by atoms with van der Waals surface area (Å²) in [5.41, 5.74) is 2.67. The van der Waals surface area contributed by atoms with Crippen molar-refractivity contribution in [2.24, 2.45) is 5.92 Å². The Bertz CT molecular complexity index is 1250. The van der Waals surface area contributed by atoms with Crippen molar-refractivity contribution in [3.63, 3.8) is 0 Å². The topological polar surface area (TPSA) is 123 Å². The van der Waals surface area contributed by atoms with Crippen molar-refractivity contribution in [3.8, 4) is 0 Å². The minimum absolute atomic E-state index is 0.0612. The molecule has 3 rings (SSSR count). The first-order chi connectivity index (χ1) is 18.8. The third-order valence-electron chi connectivity index (χ3n) is 5.93. The third-order valence-corrected chi connectivity index (χ3v) is 5.93. The van der Waals surface area contributed by atoms with Gasteiger partial charge in [0.05, 0.1) is 7.11 Å². The van der Waals surface area contributed by atoms with Gasteiger partial charge in [0.25, 0.3) is 5.91 Å². The highest BCUT2D eigenvalue weighted by molar-refractivity contribution is 6.04. The van der Waals surface area contributed by atoms with Crippen LogP contribution in [0.1, 0.15) is 35.3 Å². The zero-order chi connectivity index (χ0) is 28.2. The summed E-state index contributed by atoms with van der Waals surface area (Å²) in [5, 5.41) is 8.10. The zero-order valence-corrected chi connectivity index (χ0v) is 22.2. The second-order valence-electron chi connectivity index (χ2n) is 9.23. The van der Waals surface area contributed by atoms with Gasteiger partial charge in [-0.15, -0.1) is 0 Å². The van der Waals surface area contributed by atoms with E-state index in [-0.39, 0.29) is 24.9 Å². The average molecular weight is 532 g/mol. The Balaban J connectivity index is 1.60. The fourth-order valence-corrected chi connectivity index (χ4v) is 3.78. The second-order valence-corrected chi connectivity index (χ2v) is 9.23. The standard InChI is InChI=1S/C30H33N3O6/c1-20(2)26(33-30(37)39-19-22-10-6-4-7-11-22)28(35)32-25(29(36)38-3)18-21-14-16-24(17-15-21)31-27(34)23-12-8-5-9-13-23/h4-17,20,25-26H,18-19H2,1-3H3,(H,31,34)(H,32,35)(H,33,37)/t25-,26-/m0/s1. The van der Waals surface area contributed by atoms with Gasteiger partial charge in [-0.25, -0.2) is 9.59 Å². The number of esters is 1. The lowest BCUT2D eigenvalue weighted by Gasteiger charge is -2.24. The van der Waals surface area contributed by atoms with Crippen LogP contribution in [0.15, 0.2) is 84.9 Å². The molecule has 3 N–H and O–H groups in total. The number of methoxy groups -OCH3 is 1. The van der Waals surface area contributed by atoms with Gasteiger partial charge in [0.2, 0.25) is 5.91 Å². The first-order valence-electron chi connectivity index (χ1n) is 12.6. The first kappa shape index (κ1) is 28.9. The Morgan fingerprint density at radius 2 is 1.38 bits per heavy atom. The van der Waals surface area contributed by atoms with Gasteiger partial charge in [0.15, 0.2) is 0 Å². The fourth-order valence-electron chi connectivity index (χ4n) is 3.78. The van der Waals surface area contributed by atoms with Crippen LogP contribution in [-0.4, -0.2) is 43.1 Å². The number of hydrogen-bond donors (Lipinski definition) is 3. The molecule has 0 bridgehead atoms. The Hall–Kier alpha value is -4.66. The summed E-state index contributed by atoms with van der Waals surface area (Å²) in [4.78, 5) is 50.3. The summed E-state index contributed by atoms with van der Waals surface area (Å²) in [6.07, 6.45) is -0.593. The smallest absolute Gasteiger partial charge is 0.408 e. The molecule has 0 aromatic heterocycles. The van der Waals surface area contributed by atoms with Gasteiger partial charge < -0.3 is 25.4 Å². The summed E-state index contributed by atoms with van der Waals surface area (Å²) < 4.78 is 10.1. The van der Waals surface area contributed by atoms with Gasteiger partial charge in [0, 0.05) is 17.7 Å². The minimum atomic E-state index is -0.990. The molecule has 0 aliphatic rings. The SMILES string of the molecule is COC(=O)[C@H](Cc1ccc(NC(=O)c2ccccc2)cc1)NC(=O)[C@@H](NC(=O)OCc1ccccc1)C(C)C. The van der Waals surface area contributed by atoms with Crippen LogP contribution in [0.3, 0.4) is 0 Å². The highest BCUT2D eigenvalue weighted by Crippen LogP contribution is 2.14. The van der Waals surface area contributed by atoms with Crippen molar-refractivity contribution in [2.75, 3.05) is 12.4 Å². The first-order valence-corrected chi connectivity index (χ1v) is 12.6. The molecular formula is C30H33N3O6. The highest BCUT2D eigenvalue weighted by Gasteiger charge is 2.30. The molecule has 0 saturated carbocycles. The summed E-state index contributed by atoms with van der Waals surface area (Å²) in [6.45, 7) is 3.61. The van der Waals surface area contributed by atoms with Crippen LogP contribution in [0, 0.1) is 5.92 Å². The summed E-state index contributed by atoms with van der Waals surface area (Å²) in [5.74, 6) is -1.68. The van der Waals surface area contributed by atoms with E-state index in [0.29, 0.717) is 11.3 Å². The van der Waals surface area contributed by atoms with E-state index < -0.39 is 30.1 Å². The van der Waals surface area contributed by atoms with E-state index in [4.69, 9.17) is 9.47 Å². The lowest BCUT2D eigenvalue weighted by Crippen LogP contribution is -2.54. The van der Waals surface area contributed by atoms with Crippen LogP contribution in [-0.2, 0) is 32.1 Å². The number of benzene rings is 3. The van der Waals surface area contributed by atoms with Gasteiger partial charge in [-0.05, 0) is 41.3 Å². The molecule has 0 radical (unpaired) electrons. The number of nitrogens with one attached hydrogen (secondary N) is 3. The molecule has 0 aliphatic heterocycles. The summed E-state index contributed by atoms with van der Waals surface area (Å²) >= 11 is 0. The van der Waals surface area contributed by atoms with Crippen LogP contribution < -0.4 is 16.0 Å². The second kappa shape index (κ2) is 14.3. The maximum atomic E-state index is 13.1. The van der Waals surface area contributed by atoms with E-state index in [9.17, 15) is 19.2 Å². The number of carbonyl (C=O) groups is 4. The molecular weight excluding hydrogens is 498 g/mol. The molecule has 9 heteroatoms. The molecule has 204 valence electrons. The third kappa shape index (κ3) is 8.99. The largest absolute Gasteiger partial charge is 0.467 e. The number of alkyl carbamates (subject to hydrolysis) is 1. The predicted molar refractivity (Wildman–Crippen MR) is 147 cm³/mol. The van der Waals surface area contributed by atoms with Crippen LogP contribution in [0.25, 0.3) is 0 Å². The maximum absolute atomic E-state index is 13.1. The Kier molecular flexibility index (Phi) is 10.6. The summed E-state index contributed by atoms with van der Waals surface area (Å²) in [6, 6.07) is 23.0. The van der Waals surface area contributed by atoms with Gasteiger partial charge in [-0.1, -0.05) is 74.5 Å². The van der Waals surface area contributed by atoms with E-state index in [1.165, 1.54) is 7.11 Å². The van der Waals surface area contributed by atoms with Crippen molar-refractivity contribution >= 4 is 29.6 Å². The van der Waals surface area contributed by atoms with Crippen LogP contribution >= 0.6 is 0 Å². The average Bonchev–Trinajstić information content (AvgIpc) is 2.95. The van der Waals surface area contributed by atoms with E-state index in [2.05, 4.69) is 16.0 Å². The number of rotatable bonds is 11. The predicted octanol–water partition coefficient (Wildman–Crippen LogP) is 4.09. The van der Waals surface area contributed by atoms with E-state index in [1.54, 1.807) is 62.4 Å². The van der Waals surface area contributed by atoms with Crippen LogP contribution in [0.2, 0.25) is 0 Å². The van der Waals surface area contributed by atoms with Gasteiger partial charge in [-0.2, -0.15) is 0 Å². The molecule has 39 heavy (non-hydrogen) atoms. The maximum Gasteiger partial charge on any atom is 0.408 e.